The fourth-order valence-electron chi connectivity index (χ4n) is 3.01. The molecule has 1 aromatic heterocycles. The van der Waals surface area contributed by atoms with E-state index >= 15 is 0 Å². The Kier molecular flexibility index (Phi) is 7.46. The van der Waals surface area contributed by atoms with Crippen molar-refractivity contribution in [2.24, 2.45) is 4.99 Å². The largest absolute Gasteiger partial charge is 0.493 e. The zero-order valence-electron chi connectivity index (χ0n) is 17.3. The maximum Gasteiger partial charge on any atom is 0.243 e. The molecular formula is C21H29N5O2S. The number of amides is 1. The molecular weight excluding hydrogens is 386 g/mol. The molecule has 1 unspecified atom stereocenters. The number of fused-ring (bicyclic) bond motifs is 1. The molecule has 156 valence electrons. The smallest absolute Gasteiger partial charge is 0.243 e. The molecule has 0 aliphatic carbocycles. The number of benzene rings is 1. The molecule has 0 saturated carbocycles. The van der Waals surface area contributed by atoms with Crippen LogP contribution in [0.3, 0.4) is 0 Å². The highest BCUT2D eigenvalue weighted by atomic mass is 32.1. The van der Waals surface area contributed by atoms with Gasteiger partial charge in [-0.1, -0.05) is 25.1 Å². The van der Waals surface area contributed by atoms with Crippen LogP contribution in [-0.2, 0) is 17.6 Å². The standard InChI is InChI=1S/C21H29N5O2S/c1-4-15-13-23-19(29-15)9-11-22-21(24-14-20(27)26(2)3)25-17-10-12-28-18-8-6-5-7-16(17)18/h5-8,13,17H,4,9-12,14H2,1-3H3,(H2,22,24,25). The second-order valence-corrected chi connectivity index (χ2v) is 8.28. The van der Waals surface area contributed by atoms with Crippen molar-refractivity contribution in [3.63, 3.8) is 0 Å². The van der Waals surface area contributed by atoms with E-state index in [1.54, 1.807) is 30.3 Å². The van der Waals surface area contributed by atoms with E-state index < -0.39 is 0 Å². The van der Waals surface area contributed by atoms with Crippen LogP contribution in [-0.4, -0.2) is 55.5 Å². The van der Waals surface area contributed by atoms with E-state index in [0.717, 1.165) is 35.6 Å². The van der Waals surface area contributed by atoms with Crippen LogP contribution in [0.1, 0.15) is 34.8 Å². The highest BCUT2D eigenvalue weighted by molar-refractivity contribution is 7.11. The third kappa shape index (κ3) is 5.93. The van der Waals surface area contributed by atoms with Gasteiger partial charge in [0.2, 0.25) is 5.91 Å². The van der Waals surface area contributed by atoms with Crippen molar-refractivity contribution >= 4 is 23.2 Å². The van der Waals surface area contributed by atoms with Gasteiger partial charge in [0, 0.05) is 50.1 Å². The van der Waals surface area contributed by atoms with E-state index in [4.69, 9.17) is 4.74 Å². The SMILES string of the molecule is CCc1cnc(CCNC(=NCC(=O)N(C)C)NC2CCOc3ccccc32)s1. The molecule has 2 N–H and O–H groups in total. The Bertz CT molecular complexity index is 849. The summed E-state index contributed by atoms with van der Waals surface area (Å²) in [4.78, 5) is 23.8. The molecule has 1 aliphatic heterocycles. The van der Waals surface area contributed by atoms with Crippen molar-refractivity contribution in [1.29, 1.82) is 0 Å². The van der Waals surface area contributed by atoms with Crippen LogP contribution in [0.4, 0.5) is 0 Å². The topological polar surface area (TPSA) is 78.9 Å². The van der Waals surface area contributed by atoms with Gasteiger partial charge in [-0.05, 0) is 12.5 Å². The van der Waals surface area contributed by atoms with E-state index in [-0.39, 0.29) is 18.5 Å². The Balaban J connectivity index is 1.66. The summed E-state index contributed by atoms with van der Waals surface area (Å²) in [5, 5.41) is 7.95. The molecule has 0 spiro atoms. The summed E-state index contributed by atoms with van der Waals surface area (Å²) >= 11 is 1.74. The van der Waals surface area contributed by atoms with Gasteiger partial charge >= 0.3 is 0 Å². The Morgan fingerprint density at radius 1 is 1.38 bits per heavy atom. The zero-order valence-corrected chi connectivity index (χ0v) is 18.1. The molecule has 1 atom stereocenters. The van der Waals surface area contributed by atoms with E-state index in [1.165, 1.54) is 4.88 Å². The number of para-hydroxylation sites is 1. The molecule has 29 heavy (non-hydrogen) atoms. The van der Waals surface area contributed by atoms with Crippen molar-refractivity contribution < 1.29 is 9.53 Å². The van der Waals surface area contributed by atoms with E-state index in [1.807, 2.05) is 24.4 Å². The number of hydrogen-bond donors (Lipinski definition) is 2. The average Bonchev–Trinajstić information content (AvgIpc) is 3.19. The van der Waals surface area contributed by atoms with Gasteiger partial charge in [-0.25, -0.2) is 9.98 Å². The molecule has 0 saturated heterocycles. The number of ether oxygens (including phenoxy) is 1. The number of thiazole rings is 1. The molecule has 1 aliphatic rings. The molecule has 0 radical (unpaired) electrons. The summed E-state index contributed by atoms with van der Waals surface area (Å²) in [6.45, 7) is 3.59. The number of nitrogens with one attached hydrogen (secondary N) is 2. The number of nitrogens with zero attached hydrogens (tertiary/aromatic N) is 3. The lowest BCUT2D eigenvalue weighted by Crippen LogP contribution is -2.42. The number of aryl methyl sites for hydroxylation is 1. The van der Waals surface area contributed by atoms with Gasteiger partial charge in [-0.2, -0.15) is 0 Å². The number of rotatable bonds is 7. The lowest BCUT2D eigenvalue weighted by Gasteiger charge is -2.28. The van der Waals surface area contributed by atoms with Crippen LogP contribution in [0.25, 0.3) is 0 Å². The number of guanidine groups is 1. The first kappa shape index (κ1) is 21.1. The number of aliphatic imine (C=N–C) groups is 1. The van der Waals surface area contributed by atoms with E-state index in [9.17, 15) is 4.79 Å². The van der Waals surface area contributed by atoms with Gasteiger partial charge in [0.15, 0.2) is 5.96 Å². The van der Waals surface area contributed by atoms with Crippen LogP contribution in [0.2, 0.25) is 0 Å². The van der Waals surface area contributed by atoms with Gasteiger partial charge in [0.05, 0.1) is 17.7 Å². The normalized spacial score (nSPS) is 16.0. The van der Waals surface area contributed by atoms with Crippen molar-refractivity contribution in [3.05, 3.63) is 45.9 Å². The molecule has 0 bridgehead atoms. The summed E-state index contributed by atoms with van der Waals surface area (Å²) < 4.78 is 5.75. The molecule has 2 aromatic rings. The van der Waals surface area contributed by atoms with Crippen LogP contribution in [0, 0.1) is 0 Å². The van der Waals surface area contributed by atoms with Crippen molar-refractivity contribution in [1.82, 2.24) is 20.5 Å². The molecule has 1 aromatic carbocycles. The van der Waals surface area contributed by atoms with Gasteiger partial charge in [-0.3, -0.25) is 4.79 Å². The van der Waals surface area contributed by atoms with Crippen molar-refractivity contribution in [2.75, 3.05) is 33.8 Å². The number of hydrogen-bond acceptors (Lipinski definition) is 5. The fourth-order valence-corrected chi connectivity index (χ4v) is 3.87. The Morgan fingerprint density at radius 2 is 2.21 bits per heavy atom. The van der Waals surface area contributed by atoms with Crippen LogP contribution in [0.5, 0.6) is 5.75 Å². The maximum absolute atomic E-state index is 12.0. The van der Waals surface area contributed by atoms with Gasteiger partial charge < -0.3 is 20.3 Å². The minimum atomic E-state index is -0.0361. The summed E-state index contributed by atoms with van der Waals surface area (Å²) in [5.41, 5.74) is 1.11. The molecule has 0 fully saturated rings. The Morgan fingerprint density at radius 3 is 2.97 bits per heavy atom. The molecule has 1 amide bonds. The molecule has 7 nitrogen and oxygen atoms in total. The fraction of sp³-hybridized carbons (Fsp3) is 0.476. The second-order valence-electron chi connectivity index (χ2n) is 7.08. The maximum atomic E-state index is 12.0. The first-order valence-electron chi connectivity index (χ1n) is 9.97. The summed E-state index contributed by atoms with van der Waals surface area (Å²) in [7, 11) is 3.47. The predicted octanol–water partition coefficient (Wildman–Crippen LogP) is 2.40. The third-order valence-corrected chi connectivity index (χ3v) is 5.92. The zero-order chi connectivity index (χ0) is 20.6. The second kappa shape index (κ2) is 10.2. The molecule has 8 heteroatoms. The van der Waals surface area contributed by atoms with Crippen LogP contribution in [0.15, 0.2) is 35.5 Å². The van der Waals surface area contributed by atoms with Gasteiger partial charge in [0.25, 0.3) is 0 Å². The van der Waals surface area contributed by atoms with E-state index in [0.29, 0.717) is 19.1 Å². The van der Waals surface area contributed by atoms with Gasteiger partial charge in [0.1, 0.15) is 12.3 Å². The highest BCUT2D eigenvalue weighted by Gasteiger charge is 2.22. The van der Waals surface area contributed by atoms with Crippen molar-refractivity contribution in [3.8, 4) is 5.75 Å². The van der Waals surface area contributed by atoms with Crippen LogP contribution >= 0.6 is 11.3 Å². The number of carbonyl (C=O) groups is 1. The van der Waals surface area contributed by atoms with Gasteiger partial charge in [-0.15, -0.1) is 11.3 Å². The lowest BCUT2D eigenvalue weighted by atomic mass is 10.0. The monoisotopic (exact) mass is 415 g/mol. The summed E-state index contributed by atoms with van der Waals surface area (Å²) in [6, 6.07) is 8.12. The Hall–Kier alpha value is -2.61. The molecule has 2 heterocycles. The molecule has 3 rings (SSSR count). The number of aromatic nitrogens is 1. The number of likely N-dealkylation sites (N-methyl/N-ethyl adjacent to an activating group) is 1. The minimum Gasteiger partial charge on any atom is -0.493 e. The number of carbonyl (C=O) groups excluding carboxylic acids is 1. The first-order valence-corrected chi connectivity index (χ1v) is 10.8. The predicted molar refractivity (Wildman–Crippen MR) is 117 cm³/mol. The lowest BCUT2D eigenvalue weighted by molar-refractivity contribution is -0.127. The van der Waals surface area contributed by atoms with E-state index in [2.05, 4.69) is 33.6 Å². The summed E-state index contributed by atoms with van der Waals surface area (Å²) in [5.74, 6) is 1.50. The van der Waals surface area contributed by atoms with Crippen molar-refractivity contribution in [2.45, 2.75) is 32.2 Å². The first-order chi connectivity index (χ1) is 14.1. The highest BCUT2D eigenvalue weighted by Crippen LogP contribution is 2.31. The van der Waals surface area contributed by atoms with Crippen LogP contribution < -0.4 is 15.4 Å². The average molecular weight is 416 g/mol. The quantitative estimate of drug-likeness (QED) is 0.536. The third-order valence-electron chi connectivity index (χ3n) is 4.72. The Labute approximate surface area is 176 Å². The summed E-state index contributed by atoms with van der Waals surface area (Å²) in [6.07, 6.45) is 4.61. The minimum absolute atomic E-state index is 0.0361.